The molecular weight excluding hydrogens is 234 g/mol. The fraction of sp³-hybridized carbons (Fsp3) is 0.417. The molecule has 0 aliphatic heterocycles. The molecule has 0 radical (unpaired) electrons. The van der Waals surface area contributed by atoms with E-state index in [-0.39, 0.29) is 11.1 Å². The average Bonchev–Trinajstić information content (AvgIpc) is 2.69. The summed E-state index contributed by atoms with van der Waals surface area (Å²) in [6.45, 7) is 6.87. The minimum absolute atomic E-state index is 0.0502. The first-order chi connectivity index (χ1) is 7.97. The lowest BCUT2D eigenvalue weighted by molar-refractivity contribution is 0.569. The van der Waals surface area contributed by atoms with Crippen LogP contribution in [0, 0.1) is 0 Å². The van der Waals surface area contributed by atoms with E-state index in [0.29, 0.717) is 6.54 Å². The first-order valence-electron chi connectivity index (χ1n) is 5.43. The Bertz CT molecular complexity index is 565. The zero-order valence-corrected chi connectivity index (χ0v) is 11.0. The highest BCUT2D eigenvalue weighted by molar-refractivity contribution is 7.09. The standard InChI is InChI=1S/C12H15N3OS/c1-12(2,3)9-8-17-10(14-9)7-15-6-4-5-13-11(15)16/h4-6,8H,7H2,1-3H3. The quantitative estimate of drug-likeness (QED) is 0.818. The van der Waals surface area contributed by atoms with Crippen molar-refractivity contribution in [2.75, 3.05) is 0 Å². The minimum atomic E-state index is -0.236. The van der Waals surface area contributed by atoms with Crippen molar-refractivity contribution in [2.45, 2.75) is 32.7 Å². The van der Waals surface area contributed by atoms with Crippen LogP contribution in [-0.2, 0) is 12.0 Å². The first-order valence-corrected chi connectivity index (χ1v) is 6.31. The summed E-state index contributed by atoms with van der Waals surface area (Å²) < 4.78 is 1.56. The lowest BCUT2D eigenvalue weighted by Crippen LogP contribution is -2.22. The molecule has 4 nitrogen and oxygen atoms in total. The van der Waals surface area contributed by atoms with E-state index < -0.39 is 0 Å². The number of rotatable bonds is 2. The van der Waals surface area contributed by atoms with Gasteiger partial charge in [-0.1, -0.05) is 20.8 Å². The third-order valence-electron chi connectivity index (χ3n) is 2.41. The normalized spacial score (nSPS) is 11.7. The number of aromatic nitrogens is 3. The molecule has 0 bridgehead atoms. The van der Waals surface area contributed by atoms with Crippen LogP contribution in [0.15, 0.2) is 28.6 Å². The number of nitrogens with zero attached hydrogens (tertiary/aromatic N) is 3. The number of hydrogen-bond donors (Lipinski definition) is 0. The van der Waals surface area contributed by atoms with E-state index in [4.69, 9.17) is 0 Å². The van der Waals surface area contributed by atoms with Gasteiger partial charge in [0, 0.05) is 23.2 Å². The smallest absolute Gasteiger partial charge is 0.292 e. The Morgan fingerprint density at radius 1 is 1.41 bits per heavy atom. The van der Waals surface area contributed by atoms with Gasteiger partial charge in [-0.25, -0.2) is 14.8 Å². The Labute approximate surface area is 104 Å². The van der Waals surface area contributed by atoms with Gasteiger partial charge in [0.05, 0.1) is 12.2 Å². The van der Waals surface area contributed by atoms with Gasteiger partial charge >= 0.3 is 5.69 Å². The Balaban J connectivity index is 2.24. The monoisotopic (exact) mass is 249 g/mol. The largest absolute Gasteiger partial charge is 0.347 e. The van der Waals surface area contributed by atoms with E-state index in [2.05, 4.69) is 36.1 Å². The van der Waals surface area contributed by atoms with Crippen molar-refractivity contribution < 1.29 is 0 Å². The van der Waals surface area contributed by atoms with Crippen LogP contribution in [0.2, 0.25) is 0 Å². The van der Waals surface area contributed by atoms with Gasteiger partial charge in [0.2, 0.25) is 0 Å². The predicted molar refractivity (Wildman–Crippen MR) is 68.4 cm³/mol. The van der Waals surface area contributed by atoms with Gasteiger partial charge in [-0.3, -0.25) is 4.57 Å². The van der Waals surface area contributed by atoms with E-state index in [0.717, 1.165) is 10.7 Å². The second-order valence-electron chi connectivity index (χ2n) is 4.91. The minimum Gasteiger partial charge on any atom is -0.292 e. The molecule has 90 valence electrons. The molecule has 0 amide bonds. The number of thiazole rings is 1. The summed E-state index contributed by atoms with van der Waals surface area (Å²) in [6.07, 6.45) is 3.23. The third-order valence-corrected chi connectivity index (χ3v) is 3.24. The summed E-state index contributed by atoms with van der Waals surface area (Å²) in [6, 6.07) is 1.75. The topological polar surface area (TPSA) is 47.8 Å². The summed E-state index contributed by atoms with van der Waals surface area (Å²) >= 11 is 1.58. The summed E-state index contributed by atoms with van der Waals surface area (Å²) in [5.41, 5.74) is 0.878. The lowest BCUT2D eigenvalue weighted by atomic mass is 9.93. The van der Waals surface area contributed by atoms with Crippen molar-refractivity contribution in [1.29, 1.82) is 0 Å². The van der Waals surface area contributed by atoms with Gasteiger partial charge in [-0.05, 0) is 6.07 Å². The highest BCUT2D eigenvalue weighted by Crippen LogP contribution is 2.23. The molecule has 0 saturated carbocycles. The van der Waals surface area contributed by atoms with Crippen molar-refractivity contribution in [3.05, 3.63) is 45.0 Å². The molecule has 5 heteroatoms. The molecule has 2 rings (SSSR count). The van der Waals surface area contributed by atoms with Gasteiger partial charge in [0.25, 0.3) is 0 Å². The molecular formula is C12H15N3OS. The van der Waals surface area contributed by atoms with Crippen LogP contribution >= 0.6 is 11.3 Å². The molecule has 2 aromatic rings. The molecule has 2 aromatic heterocycles. The van der Waals surface area contributed by atoms with Crippen molar-refractivity contribution in [3.63, 3.8) is 0 Å². The molecule has 0 saturated heterocycles. The van der Waals surface area contributed by atoms with Crippen LogP contribution in [0.4, 0.5) is 0 Å². The van der Waals surface area contributed by atoms with E-state index >= 15 is 0 Å². The Morgan fingerprint density at radius 2 is 2.18 bits per heavy atom. The van der Waals surface area contributed by atoms with Gasteiger partial charge in [-0.2, -0.15) is 0 Å². The second kappa shape index (κ2) is 4.41. The van der Waals surface area contributed by atoms with Gasteiger partial charge < -0.3 is 0 Å². The maximum Gasteiger partial charge on any atom is 0.347 e. The van der Waals surface area contributed by atoms with E-state index in [1.165, 1.54) is 6.20 Å². The molecule has 0 aromatic carbocycles. The van der Waals surface area contributed by atoms with E-state index in [9.17, 15) is 4.79 Å². The highest BCUT2D eigenvalue weighted by Gasteiger charge is 2.17. The molecule has 2 heterocycles. The second-order valence-corrected chi connectivity index (χ2v) is 5.85. The average molecular weight is 249 g/mol. The molecule has 0 unspecified atom stereocenters. The van der Waals surface area contributed by atoms with Crippen LogP contribution in [0.1, 0.15) is 31.5 Å². The Morgan fingerprint density at radius 3 is 2.76 bits per heavy atom. The van der Waals surface area contributed by atoms with Crippen molar-refractivity contribution in [3.8, 4) is 0 Å². The van der Waals surface area contributed by atoms with E-state index in [1.54, 1.807) is 28.2 Å². The van der Waals surface area contributed by atoms with Crippen LogP contribution < -0.4 is 5.69 Å². The maximum absolute atomic E-state index is 11.5. The molecule has 0 fully saturated rings. The van der Waals surface area contributed by atoms with Crippen molar-refractivity contribution in [2.24, 2.45) is 0 Å². The van der Waals surface area contributed by atoms with Crippen LogP contribution in [0.5, 0.6) is 0 Å². The molecule has 0 spiro atoms. The summed E-state index contributed by atoms with van der Waals surface area (Å²) in [5, 5.41) is 2.99. The fourth-order valence-electron chi connectivity index (χ4n) is 1.38. The molecule has 0 aliphatic carbocycles. The SMILES string of the molecule is CC(C)(C)c1csc(Cn2cccnc2=O)n1. The molecule has 0 N–H and O–H groups in total. The summed E-state index contributed by atoms with van der Waals surface area (Å²) in [5.74, 6) is 0. The maximum atomic E-state index is 11.5. The molecule has 0 atom stereocenters. The van der Waals surface area contributed by atoms with Gasteiger partial charge in [0.15, 0.2) is 0 Å². The highest BCUT2D eigenvalue weighted by atomic mass is 32.1. The Kier molecular flexibility index (Phi) is 3.11. The van der Waals surface area contributed by atoms with Crippen LogP contribution in [-0.4, -0.2) is 14.5 Å². The summed E-state index contributed by atoms with van der Waals surface area (Å²) in [4.78, 5) is 19.7. The van der Waals surface area contributed by atoms with E-state index in [1.807, 2.05) is 0 Å². The van der Waals surface area contributed by atoms with Gasteiger partial charge in [-0.15, -0.1) is 11.3 Å². The van der Waals surface area contributed by atoms with Crippen LogP contribution in [0.3, 0.4) is 0 Å². The van der Waals surface area contributed by atoms with Crippen molar-refractivity contribution >= 4 is 11.3 Å². The Hall–Kier alpha value is -1.49. The predicted octanol–water partition coefficient (Wildman–Crippen LogP) is 2.05. The third kappa shape index (κ3) is 2.79. The molecule has 0 aliphatic rings. The first kappa shape index (κ1) is 12.0. The number of hydrogen-bond acceptors (Lipinski definition) is 4. The fourth-order valence-corrected chi connectivity index (χ4v) is 2.40. The lowest BCUT2D eigenvalue weighted by Gasteiger charge is -2.14. The molecule has 17 heavy (non-hydrogen) atoms. The zero-order valence-electron chi connectivity index (χ0n) is 10.2. The zero-order chi connectivity index (χ0) is 12.5. The van der Waals surface area contributed by atoms with Crippen LogP contribution in [0.25, 0.3) is 0 Å². The van der Waals surface area contributed by atoms with Crippen molar-refractivity contribution in [1.82, 2.24) is 14.5 Å². The van der Waals surface area contributed by atoms with Gasteiger partial charge in [0.1, 0.15) is 5.01 Å². The summed E-state index contributed by atoms with van der Waals surface area (Å²) in [7, 11) is 0.